The summed E-state index contributed by atoms with van der Waals surface area (Å²) in [5.74, 6) is -0.308. The molecule has 0 radical (unpaired) electrons. The van der Waals surface area contributed by atoms with Gasteiger partial charge in [-0.2, -0.15) is 9.82 Å². The lowest BCUT2D eigenvalue weighted by atomic mass is 10.0. The van der Waals surface area contributed by atoms with Crippen LogP contribution >= 0.6 is 12.4 Å². The number of halogens is 1. The highest BCUT2D eigenvalue weighted by atomic mass is 35.5. The van der Waals surface area contributed by atoms with E-state index in [0.29, 0.717) is 17.4 Å². The van der Waals surface area contributed by atoms with Gasteiger partial charge in [-0.05, 0) is 47.1 Å². The van der Waals surface area contributed by atoms with Gasteiger partial charge < -0.3 is 10.6 Å². The number of sulfonamides is 1. The van der Waals surface area contributed by atoms with E-state index in [9.17, 15) is 13.2 Å². The van der Waals surface area contributed by atoms with Gasteiger partial charge in [-0.15, -0.1) is 12.4 Å². The van der Waals surface area contributed by atoms with Crippen LogP contribution in [-0.4, -0.2) is 48.8 Å². The molecule has 3 unspecified atom stereocenters. The Labute approximate surface area is 155 Å². The van der Waals surface area contributed by atoms with Gasteiger partial charge in [-0.25, -0.2) is 8.42 Å². The molecule has 0 spiro atoms. The molecule has 0 saturated carbocycles. The van der Waals surface area contributed by atoms with Gasteiger partial charge in [-0.1, -0.05) is 0 Å². The fourth-order valence-electron chi connectivity index (χ4n) is 3.08. The minimum absolute atomic E-state index is 0. The van der Waals surface area contributed by atoms with E-state index >= 15 is 0 Å². The van der Waals surface area contributed by atoms with Crippen LogP contribution < -0.4 is 15.4 Å². The third kappa shape index (κ3) is 5.16. The van der Waals surface area contributed by atoms with Crippen LogP contribution in [-0.2, 0) is 21.9 Å². The number of carbonyl (C=O) groups excluding carboxylic acids is 1. The Morgan fingerprint density at radius 1 is 1.40 bits per heavy atom. The van der Waals surface area contributed by atoms with Gasteiger partial charge in [0.15, 0.2) is 0 Å². The number of nitrogens with one attached hydrogen (secondary N) is 3. The van der Waals surface area contributed by atoms with Crippen LogP contribution in [0.2, 0.25) is 0 Å². The molecule has 144 valence electrons. The van der Waals surface area contributed by atoms with Crippen molar-refractivity contribution in [3.05, 3.63) is 11.4 Å². The van der Waals surface area contributed by atoms with E-state index in [1.165, 1.54) is 4.68 Å². The standard InChI is InChI=1S/C15H27N5O3S.ClH/c1-9-8-13(6-7-16-9)17-15(21)11(3)19-24(22,23)14-10(2)18-20(5)12(14)4;/h9,11,13,16,19H,6-8H2,1-5H3,(H,17,21);1H. The first-order valence-corrected chi connectivity index (χ1v) is 9.66. The molecule has 1 aromatic heterocycles. The number of aromatic nitrogens is 2. The second-order valence-electron chi connectivity index (χ2n) is 6.55. The number of carbonyl (C=O) groups is 1. The molecular formula is C15H28ClN5O3S. The molecule has 8 nitrogen and oxygen atoms in total. The quantitative estimate of drug-likeness (QED) is 0.670. The lowest BCUT2D eigenvalue weighted by molar-refractivity contribution is -0.123. The van der Waals surface area contributed by atoms with Crippen LogP contribution in [0.1, 0.15) is 38.1 Å². The number of hydrogen-bond acceptors (Lipinski definition) is 5. The van der Waals surface area contributed by atoms with Crippen molar-refractivity contribution in [2.75, 3.05) is 6.54 Å². The highest BCUT2D eigenvalue weighted by molar-refractivity contribution is 7.89. The number of hydrogen-bond donors (Lipinski definition) is 3. The first kappa shape index (κ1) is 21.9. The molecule has 0 aliphatic carbocycles. The Morgan fingerprint density at radius 2 is 2.04 bits per heavy atom. The Kier molecular flexibility index (Phi) is 7.42. The van der Waals surface area contributed by atoms with Crippen LogP contribution in [0.5, 0.6) is 0 Å². The molecule has 1 aliphatic rings. The number of rotatable bonds is 5. The summed E-state index contributed by atoms with van der Waals surface area (Å²) in [4.78, 5) is 12.5. The fourth-order valence-corrected chi connectivity index (χ4v) is 4.72. The van der Waals surface area contributed by atoms with E-state index in [-0.39, 0.29) is 29.3 Å². The van der Waals surface area contributed by atoms with Crippen molar-refractivity contribution in [3.63, 3.8) is 0 Å². The molecule has 2 rings (SSSR count). The van der Waals surface area contributed by atoms with Gasteiger partial charge >= 0.3 is 0 Å². The molecule has 1 aromatic rings. The highest BCUT2D eigenvalue weighted by Gasteiger charge is 2.29. The minimum Gasteiger partial charge on any atom is -0.352 e. The Bertz CT molecular complexity index is 719. The summed E-state index contributed by atoms with van der Waals surface area (Å²) in [5.41, 5.74) is 0.960. The second kappa shape index (κ2) is 8.48. The van der Waals surface area contributed by atoms with Gasteiger partial charge in [0.2, 0.25) is 15.9 Å². The zero-order valence-electron chi connectivity index (χ0n) is 15.3. The maximum absolute atomic E-state index is 12.6. The summed E-state index contributed by atoms with van der Waals surface area (Å²) in [6.07, 6.45) is 1.68. The molecule has 1 saturated heterocycles. The van der Waals surface area contributed by atoms with E-state index in [1.54, 1.807) is 27.8 Å². The SMILES string of the molecule is Cc1nn(C)c(C)c1S(=O)(=O)NC(C)C(=O)NC1CCNC(C)C1.Cl. The molecule has 10 heteroatoms. The summed E-state index contributed by atoms with van der Waals surface area (Å²) in [7, 11) is -2.11. The Hall–Kier alpha value is -1.16. The third-order valence-electron chi connectivity index (χ3n) is 4.41. The molecule has 3 atom stereocenters. The number of nitrogens with zero attached hydrogens (tertiary/aromatic N) is 2. The molecular weight excluding hydrogens is 366 g/mol. The highest BCUT2D eigenvalue weighted by Crippen LogP contribution is 2.18. The molecule has 0 bridgehead atoms. The second-order valence-corrected chi connectivity index (χ2v) is 8.20. The Balaban J connectivity index is 0.00000312. The van der Waals surface area contributed by atoms with Crippen molar-refractivity contribution in [1.82, 2.24) is 25.1 Å². The van der Waals surface area contributed by atoms with Crippen molar-refractivity contribution in [2.24, 2.45) is 7.05 Å². The fraction of sp³-hybridized carbons (Fsp3) is 0.733. The number of aryl methyl sites for hydroxylation is 2. The van der Waals surface area contributed by atoms with Crippen molar-refractivity contribution < 1.29 is 13.2 Å². The van der Waals surface area contributed by atoms with Gasteiger partial charge in [0.05, 0.1) is 17.4 Å². The molecule has 1 fully saturated rings. The van der Waals surface area contributed by atoms with Gasteiger partial charge in [0, 0.05) is 19.1 Å². The maximum atomic E-state index is 12.6. The van der Waals surface area contributed by atoms with Gasteiger partial charge in [0.1, 0.15) is 4.90 Å². The lowest BCUT2D eigenvalue weighted by Gasteiger charge is -2.29. The van der Waals surface area contributed by atoms with E-state index in [2.05, 4.69) is 27.4 Å². The van der Waals surface area contributed by atoms with Crippen LogP contribution in [0.3, 0.4) is 0 Å². The van der Waals surface area contributed by atoms with E-state index < -0.39 is 16.1 Å². The number of amides is 1. The smallest absolute Gasteiger partial charge is 0.244 e. The maximum Gasteiger partial charge on any atom is 0.244 e. The summed E-state index contributed by atoms with van der Waals surface area (Å²) in [6.45, 7) is 7.80. The first-order valence-electron chi connectivity index (χ1n) is 8.18. The van der Waals surface area contributed by atoms with Crippen molar-refractivity contribution in [2.45, 2.75) is 63.6 Å². The number of piperidine rings is 1. The molecule has 1 amide bonds. The molecule has 1 aliphatic heterocycles. The molecule has 25 heavy (non-hydrogen) atoms. The average Bonchev–Trinajstić information content (AvgIpc) is 2.71. The molecule has 3 N–H and O–H groups in total. The molecule has 2 heterocycles. The van der Waals surface area contributed by atoms with E-state index in [4.69, 9.17) is 0 Å². The first-order chi connectivity index (χ1) is 11.1. The van der Waals surface area contributed by atoms with E-state index in [0.717, 1.165) is 19.4 Å². The normalized spacial score (nSPS) is 22.1. The van der Waals surface area contributed by atoms with E-state index in [1.807, 2.05) is 0 Å². The predicted octanol–water partition coefficient (Wildman–Crippen LogP) is 0.382. The Morgan fingerprint density at radius 3 is 2.56 bits per heavy atom. The average molecular weight is 394 g/mol. The predicted molar refractivity (Wildman–Crippen MR) is 98.3 cm³/mol. The third-order valence-corrected chi connectivity index (χ3v) is 6.20. The zero-order chi connectivity index (χ0) is 18.1. The van der Waals surface area contributed by atoms with Crippen LogP contribution in [0.25, 0.3) is 0 Å². The summed E-state index contributed by atoms with van der Waals surface area (Å²) in [6, 6.07) is -0.432. The lowest BCUT2D eigenvalue weighted by Crippen LogP contribution is -2.52. The summed E-state index contributed by atoms with van der Waals surface area (Å²) < 4.78 is 29.2. The summed E-state index contributed by atoms with van der Waals surface area (Å²) in [5, 5.41) is 10.4. The van der Waals surface area contributed by atoms with Crippen molar-refractivity contribution in [3.8, 4) is 0 Å². The minimum atomic E-state index is -3.80. The van der Waals surface area contributed by atoms with Gasteiger partial charge in [-0.3, -0.25) is 9.48 Å². The monoisotopic (exact) mass is 393 g/mol. The van der Waals surface area contributed by atoms with Crippen LogP contribution in [0.15, 0.2) is 4.90 Å². The van der Waals surface area contributed by atoms with Crippen LogP contribution in [0, 0.1) is 13.8 Å². The topological polar surface area (TPSA) is 105 Å². The van der Waals surface area contributed by atoms with Crippen molar-refractivity contribution in [1.29, 1.82) is 0 Å². The summed E-state index contributed by atoms with van der Waals surface area (Å²) >= 11 is 0. The van der Waals surface area contributed by atoms with Gasteiger partial charge in [0.25, 0.3) is 0 Å². The van der Waals surface area contributed by atoms with Crippen LogP contribution in [0.4, 0.5) is 0 Å². The largest absolute Gasteiger partial charge is 0.352 e. The zero-order valence-corrected chi connectivity index (χ0v) is 16.9. The van der Waals surface area contributed by atoms with Crippen molar-refractivity contribution >= 4 is 28.3 Å². The molecule has 0 aromatic carbocycles.